The van der Waals surface area contributed by atoms with E-state index >= 15 is 0 Å². The molecule has 7 heteroatoms. The van der Waals surface area contributed by atoms with Gasteiger partial charge in [0.2, 0.25) is 0 Å². The van der Waals surface area contributed by atoms with E-state index in [4.69, 9.17) is 4.74 Å². The van der Waals surface area contributed by atoms with Gasteiger partial charge < -0.3 is 19.9 Å². The Morgan fingerprint density at radius 1 is 0.875 bits per heavy atom. The third kappa shape index (κ3) is 4.08. The molecular weight excluding hydrogens is 404 g/mol. The standard InChI is InChI=1S/C25H30N4O3/c1-4-27-14-16-28(17-15-27)19-12-10-18(11-13-19)26-23-22(24(30)29(5-2)25(23)31)20-8-6-7-9-21(20)32-3/h6-13,26H,4-5,14-17H2,1-3H3. The van der Waals surface area contributed by atoms with Crippen LogP contribution in [-0.4, -0.2) is 68.0 Å². The number of piperazine rings is 1. The zero-order chi connectivity index (χ0) is 22.7. The largest absolute Gasteiger partial charge is 0.496 e. The van der Waals surface area contributed by atoms with Crippen LogP contribution in [0.3, 0.4) is 0 Å². The third-order valence-corrected chi connectivity index (χ3v) is 6.18. The highest BCUT2D eigenvalue weighted by atomic mass is 16.5. The van der Waals surface area contributed by atoms with E-state index in [1.807, 2.05) is 24.3 Å². The molecule has 2 heterocycles. The fraction of sp³-hybridized carbons (Fsp3) is 0.360. The molecule has 1 saturated heterocycles. The number of methoxy groups -OCH3 is 1. The lowest BCUT2D eigenvalue weighted by Gasteiger charge is -2.35. The van der Waals surface area contributed by atoms with Crippen LogP contribution < -0.4 is 15.0 Å². The number of nitrogens with one attached hydrogen (secondary N) is 1. The second kappa shape index (κ2) is 9.44. The SMILES string of the molecule is CCN1CCN(c2ccc(NC3=C(c4ccccc4OC)C(=O)N(CC)C3=O)cc2)CC1. The minimum atomic E-state index is -0.321. The van der Waals surface area contributed by atoms with Crippen molar-refractivity contribution in [1.82, 2.24) is 9.80 Å². The average Bonchev–Trinajstić information content (AvgIpc) is 3.07. The number of nitrogens with zero attached hydrogens (tertiary/aromatic N) is 3. The molecule has 2 amide bonds. The van der Waals surface area contributed by atoms with Crippen molar-refractivity contribution in [3.8, 4) is 5.75 Å². The summed E-state index contributed by atoms with van der Waals surface area (Å²) in [5, 5.41) is 3.22. The van der Waals surface area contributed by atoms with Crippen LogP contribution in [0.1, 0.15) is 19.4 Å². The summed E-state index contributed by atoms with van der Waals surface area (Å²) in [5.41, 5.74) is 3.16. The molecule has 0 spiro atoms. The Bertz CT molecular complexity index is 1020. The van der Waals surface area contributed by atoms with Gasteiger partial charge in [0.15, 0.2) is 0 Å². The van der Waals surface area contributed by atoms with Crippen molar-refractivity contribution in [3.05, 3.63) is 59.8 Å². The van der Waals surface area contributed by atoms with E-state index in [-0.39, 0.29) is 17.5 Å². The molecule has 32 heavy (non-hydrogen) atoms. The van der Waals surface area contributed by atoms with Gasteiger partial charge in [0.05, 0.1) is 12.7 Å². The number of benzene rings is 2. The first-order valence-electron chi connectivity index (χ1n) is 11.2. The Labute approximate surface area is 189 Å². The van der Waals surface area contributed by atoms with Crippen molar-refractivity contribution in [2.24, 2.45) is 0 Å². The van der Waals surface area contributed by atoms with Crippen LogP contribution in [0.2, 0.25) is 0 Å². The van der Waals surface area contributed by atoms with Crippen LogP contribution in [0.5, 0.6) is 5.75 Å². The van der Waals surface area contributed by atoms with Crippen molar-refractivity contribution in [2.75, 3.05) is 56.6 Å². The fourth-order valence-corrected chi connectivity index (χ4v) is 4.30. The number of hydrogen-bond donors (Lipinski definition) is 1. The summed E-state index contributed by atoms with van der Waals surface area (Å²) in [7, 11) is 1.56. The highest BCUT2D eigenvalue weighted by Crippen LogP contribution is 2.35. The molecule has 2 aromatic rings. The predicted molar refractivity (Wildman–Crippen MR) is 127 cm³/mol. The molecule has 0 bridgehead atoms. The molecular formula is C25H30N4O3. The van der Waals surface area contributed by atoms with Crippen molar-refractivity contribution in [1.29, 1.82) is 0 Å². The van der Waals surface area contributed by atoms with E-state index in [0.717, 1.165) is 44.1 Å². The predicted octanol–water partition coefficient (Wildman–Crippen LogP) is 3.05. The van der Waals surface area contributed by atoms with E-state index in [9.17, 15) is 9.59 Å². The number of anilines is 2. The van der Waals surface area contributed by atoms with Gasteiger partial charge in [-0.3, -0.25) is 14.5 Å². The summed E-state index contributed by atoms with van der Waals surface area (Å²) in [6, 6.07) is 15.3. The molecule has 2 aliphatic rings. The molecule has 0 unspecified atom stereocenters. The summed E-state index contributed by atoms with van der Waals surface area (Å²) < 4.78 is 5.45. The molecule has 7 nitrogen and oxygen atoms in total. The van der Waals surface area contributed by atoms with Gasteiger partial charge in [0.1, 0.15) is 11.4 Å². The smallest absolute Gasteiger partial charge is 0.278 e. The quantitative estimate of drug-likeness (QED) is 0.676. The molecule has 2 aromatic carbocycles. The number of rotatable bonds is 7. The number of likely N-dealkylation sites (N-methyl/N-ethyl adjacent to an activating group) is 2. The Kier molecular flexibility index (Phi) is 6.46. The Balaban J connectivity index is 1.61. The monoisotopic (exact) mass is 434 g/mol. The van der Waals surface area contributed by atoms with E-state index in [1.54, 1.807) is 26.2 Å². The zero-order valence-corrected chi connectivity index (χ0v) is 18.9. The number of para-hydroxylation sites is 1. The first-order chi connectivity index (χ1) is 15.6. The highest BCUT2D eigenvalue weighted by molar-refractivity contribution is 6.37. The van der Waals surface area contributed by atoms with Crippen LogP contribution in [0.15, 0.2) is 54.2 Å². The van der Waals surface area contributed by atoms with Gasteiger partial charge in [0.25, 0.3) is 11.8 Å². The average molecular weight is 435 g/mol. The van der Waals surface area contributed by atoms with Gasteiger partial charge in [-0.25, -0.2) is 0 Å². The number of carbonyl (C=O) groups excluding carboxylic acids is 2. The Hall–Kier alpha value is -3.32. The molecule has 0 aliphatic carbocycles. The molecule has 0 radical (unpaired) electrons. The summed E-state index contributed by atoms with van der Waals surface area (Å²) in [4.78, 5) is 32.2. The summed E-state index contributed by atoms with van der Waals surface area (Å²) in [6.07, 6.45) is 0. The van der Waals surface area contributed by atoms with Gasteiger partial charge in [-0.15, -0.1) is 0 Å². The third-order valence-electron chi connectivity index (χ3n) is 6.18. The Morgan fingerprint density at radius 3 is 2.19 bits per heavy atom. The minimum absolute atomic E-state index is 0.283. The number of carbonyl (C=O) groups is 2. The van der Waals surface area contributed by atoms with Crippen LogP contribution in [0, 0.1) is 0 Å². The fourth-order valence-electron chi connectivity index (χ4n) is 4.30. The summed E-state index contributed by atoms with van der Waals surface area (Å²) in [5.74, 6) is -0.0736. The lowest BCUT2D eigenvalue weighted by atomic mass is 10.0. The topological polar surface area (TPSA) is 65.1 Å². The number of amides is 2. The second-order valence-electron chi connectivity index (χ2n) is 7.90. The van der Waals surface area contributed by atoms with Gasteiger partial charge in [0, 0.05) is 49.7 Å². The zero-order valence-electron chi connectivity index (χ0n) is 18.9. The van der Waals surface area contributed by atoms with Gasteiger partial charge >= 0.3 is 0 Å². The lowest BCUT2D eigenvalue weighted by Crippen LogP contribution is -2.46. The number of ether oxygens (including phenoxy) is 1. The van der Waals surface area contributed by atoms with Crippen LogP contribution in [0.4, 0.5) is 11.4 Å². The lowest BCUT2D eigenvalue weighted by molar-refractivity contribution is -0.136. The number of imide groups is 1. The summed E-state index contributed by atoms with van der Waals surface area (Å²) in [6.45, 7) is 9.52. The molecule has 4 rings (SSSR count). The van der Waals surface area contributed by atoms with Crippen molar-refractivity contribution in [3.63, 3.8) is 0 Å². The maximum absolute atomic E-state index is 13.1. The van der Waals surface area contributed by atoms with Gasteiger partial charge in [-0.05, 0) is 43.8 Å². The van der Waals surface area contributed by atoms with E-state index in [0.29, 0.717) is 23.4 Å². The van der Waals surface area contributed by atoms with Gasteiger partial charge in [-0.1, -0.05) is 25.1 Å². The highest BCUT2D eigenvalue weighted by Gasteiger charge is 2.39. The van der Waals surface area contributed by atoms with Crippen molar-refractivity contribution in [2.45, 2.75) is 13.8 Å². The maximum atomic E-state index is 13.1. The van der Waals surface area contributed by atoms with Crippen molar-refractivity contribution >= 4 is 28.8 Å². The van der Waals surface area contributed by atoms with Crippen molar-refractivity contribution < 1.29 is 14.3 Å². The molecule has 1 fully saturated rings. The molecule has 0 saturated carbocycles. The Morgan fingerprint density at radius 2 is 1.56 bits per heavy atom. The van der Waals surface area contributed by atoms with Crippen LogP contribution in [-0.2, 0) is 9.59 Å². The molecule has 1 N–H and O–H groups in total. The molecule has 2 aliphatic heterocycles. The van der Waals surface area contributed by atoms with E-state index in [2.05, 4.69) is 34.2 Å². The normalized spacial score (nSPS) is 17.3. The second-order valence-corrected chi connectivity index (χ2v) is 7.90. The van der Waals surface area contributed by atoms with Gasteiger partial charge in [-0.2, -0.15) is 0 Å². The number of hydrogen-bond acceptors (Lipinski definition) is 6. The summed E-state index contributed by atoms with van der Waals surface area (Å²) >= 11 is 0. The molecule has 0 aromatic heterocycles. The first kappa shape index (κ1) is 21.9. The first-order valence-corrected chi connectivity index (χ1v) is 11.2. The van der Waals surface area contributed by atoms with Crippen LogP contribution in [0.25, 0.3) is 5.57 Å². The van der Waals surface area contributed by atoms with Crippen LogP contribution >= 0.6 is 0 Å². The molecule has 168 valence electrons. The maximum Gasteiger partial charge on any atom is 0.278 e. The van der Waals surface area contributed by atoms with E-state index in [1.165, 1.54) is 4.90 Å². The molecule has 0 atom stereocenters. The minimum Gasteiger partial charge on any atom is -0.496 e. The van der Waals surface area contributed by atoms with E-state index < -0.39 is 0 Å².